The van der Waals surface area contributed by atoms with Crippen molar-refractivity contribution in [3.63, 3.8) is 0 Å². The number of nitro groups is 1. The predicted octanol–water partition coefficient (Wildman–Crippen LogP) is 4.05. The Morgan fingerprint density at radius 2 is 1.80 bits per heavy atom. The lowest BCUT2D eigenvalue weighted by atomic mass is 10.1. The average Bonchev–Trinajstić information content (AvgIpc) is 2.16. The molecule has 0 fully saturated rings. The van der Waals surface area contributed by atoms with Gasteiger partial charge in [0.25, 0.3) is 5.69 Å². The molecule has 0 saturated heterocycles. The number of fused-ring (bicyclic) bond motifs is 1. The molecule has 2 rings (SSSR count). The van der Waals surface area contributed by atoms with Crippen LogP contribution in [-0.2, 0) is 0 Å². The molecule has 0 radical (unpaired) electrons. The minimum Gasteiger partial charge on any atom is -0.258 e. The van der Waals surface area contributed by atoms with Crippen LogP contribution in [0.4, 0.5) is 5.69 Å². The summed E-state index contributed by atoms with van der Waals surface area (Å²) in [5, 5.41) is 12.6. The molecule has 0 atom stereocenters. The number of halogens is 2. The van der Waals surface area contributed by atoms with Crippen molar-refractivity contribution in [3.05, 3.63) is 50.5 Å². The van der Waals surface area contributed by atoms with Gasteiger partial charge in [-0.15, -0.1) is 0 Å². The lowest BCUT2D eigenvalue weighted by Gasteiger charge is -2.01. The summed E-state index contributed by atoms with van der Waals surface area (Å²) in [4.78, 5) is 10.3. The van der Waals surface area contributed by atoms with Gasteiger partial charge in [0.2, 0.25) is 0 Å². The van der Waals surface area contributed by atoms with E-state index in [1.54, 1.807) is 24.3 Å². The first-order valence-electron chi connectivity index (χ1n) is 4.12. The van der Waals surface area contributed by atoms with Crippen LogP contribution in [0.2, 0.25) is 10.0 Å². The Morgan fingerprint density at radius 1 is 1.13 bits per heavy atom. The van der Waals surface area contributed by atoms with Gasteiger partial charge in [0, 0.05) is 5.02 Å². The van der Waals surface area contributed by atoms with E-state index in [0.29, 0.717) is 10.4 Å². The second-order valence-electron chi connectivity index (χ2n) is 3.02. The first kappa shape index (κ1) is 10.2. The Kier molecular flexibility index (Phi) is 2.50. The van der Waals surface area contributed by atoms with Crippen molar-refractivity contribution in [2.45, 2.75) is 0 Å². The van der Waals surface area contributed by atoms with E-state index in [0.717, 1.165) is 5.39 Å². The molecule has 0 N–H and O–H groups in total. The number of benzene rings is 2. The highest BCUT2D eigenvalue weighted by molar-refractivity contribution is 6.35. The van der Waals surface area contributed by atoms with Gasteiger partial charge in [-0.05, 0) is 23.6 Å². The smallest absolute Gasteiger partial charge is 0.258 e. The van der Waals surface area contributed by atoms with Gasteiger partial charge in [0.15, 0.2) is 0 Å². The molecule has 0 spiro atoms. The van der Waals surface area contributed by atoms with Crippen molar-refractivity contribution in [1.29, 1.82) is 0 Å². The van der Waals surface area contributed by atoms with Crippen LogP contribution < -0.4 is 0 Å². The van der Waals surface area contributed by atoms with E-state index in [9.17, 15) is 10.1 Å². The minimum atomic E-state index is -0.499. The van der Waals surface area contributed by atoms with Gasteiger partial charge >= 0.3 is 0 Å². The fraction of sp³-hybridized carbons (Fsp3) is 0. The van der Waals surface area contributed by atoms with Crippen molar-refractivity contribution in [2.24, 2.45) is 0 Å². The fourth-order valence-electron chi connectivity index (χ4n) is 1.43. The molecule has 0 saturated carbocycles. The van der Waals surface area contributed by atoms with Crippen molar-refractivity contribution < 1.29 is 4.92 Å². The zero-order chi connectivity index (χ0) is 11.0. The largest absolute Gasteiger partial charge is 0.295 e. The highest BCUT2D eigenvalue weighted by Gasteiger charge is 2.16. The quantitative estimate of drug-likeness (QED) is 0.559. The van der Waals surface area contributed by atoms with Crippen LogP contribution in [0.3, 0.4) is 0 Å². The van der Waals surface area contributed by atoms with Crippen LogP contribution in [0, 0.1) is 10.1 Å². The lowest BCUT2D eigenvalue weighted by Crippen LogP contribution is -1.90. The van der Waals surface area contributed by atoms with E-state index in [1.165, 1.54) is 6.07 Å². The maximum atomic E-state index is 10.8. The number of hydrogen-bond donors (Lipinski definition) is 0. The molecule has 76 valence electrons. The van der Waals surface area contributed by atoms with E-state index in [4.69, 9.17) is 23.2 Å². The monoisotopic (exact) mass is 241 g/mol. The van der Waals surface area contributed by atoms with Crippen LogP contribution in [0.25, 0.3) is 10.8 Å². The molecule has 2 aromatic carbocycles. The third kappa shape index (κ3) is 1.76. The minimum absolute atomic E-state index is 0.100. The molecule has 0 bridgehead atoms. The van der Waals surface area contributed by atoms with Gasteiger partial charge in [-0.2, -0.15) is 0 Å². The molecule has 0 aliphatic carbocycles. The molecule has 15 heavy (non-hydrogen) atoms. The zero-order valence-corrected chi connectivity index (χ0v) is 8.92. The van der Waals surface area contributed by atoms with Gasteiger partial charge in [-0.1, -0.05) is 35.3 Å². The van der Waals surface area contributed by atoms with E-state index < -0.39 is 4.92 Å². The highest BCUT2D eigenvalue weighted by Crippen LogP contribution is 2.34. The second kappa shape index (κ2) is 3.68. The van der Waals surface area contributed by atoms with Crippen molar-refractivity contribution in [1.82, 2.24) is 0 Å². The maximum absolute atomic E-state index is 10.8. The Morgan fingerprint density at radius 3 is 2.47 bits per heavy atom. The maximum Gasteiger partial charge on any atom is 0.295 e. The van der Waals surface area contributed by atoms with Gasteiger partial charge in [-0.3, -0.25) is 10.1 Å². The van der Waals surface area contributed by atoms with Crippen molar-refractivity contribution in [3.8, 4) is 0 Å². The first-order chi connectivity index (χ1) is 7.09. The second-order valence-corrected chi connectivity index (χ2v) is 3.86. The van der Waals surface area contributed by atoms with Gasteiger partial charge in [-0.25, -0.2) is 0 Å². The topological polar surface area (TPSA) is 43.1 Å². The third-order valence-corrected chi connectivity index (χ3v) is 2.63. The molecule has 0 aliphatic rings. The van der Waals surface area contributed by atoms with E-state index in [2.05, 4.69) is 0 Å². The Balaban J connectivity index is 2.90. The molecule has 0 heterocycles. The molecular formula is C10H5Cl2NO2. The average molecular weight is 242 g/mol. The van der Waals surface area contributed by atoms with E-state index in [-0.39, 0.29) is 10.7 Å². The van der Waals surface area contributed by atoms with Crippen molar-refractivity contribution in [2.75, 3.05) is 0 Å². The van der Waals surface area contributed by atoms with E-state index >= 15 is 0 Å². The lowest BCUT2D eigenvalue weighted by molar-refractivity contribution is -0.382. The molecular weight excluding hydrogens is 237 g/mol. The van der Waals surface area contributed by atoms with Crippen LogP contribution in [0.15, 0.2) is 30.3 Å². The molecule has 0 amide bonds. The normalized spacial score (nSPS) is 10.5. The van der Waals surface area contributed by atoms with Crippen LogP contribution in [0.5, 0.6) is 0 Å². The van der Waals surface area contributed by atoms with Crippen LogP contribution in [0.1, 0.15) is 0 Å². The number of rotatable bonds is 1. The summed E-state index contributed by atoms with van der Waals surface area (Å²) in [7, 11) is 0. The number of nitro benzene ring substituents is 1. The summed E-state index contributed by atoms with van der Waals surface area (Å²) >= 11 is 11.5. The molecule has 0 unspecified atom stereocenters. The molecule has 5 heteroatoms. The van der Waals surface area contributed by atoms with E-state index in [1.807, 2.05) is 0 Å². The van der Waals surface area contributed by atoms with Gasteiger partial charge in [0.05, 0.1) is 10.3 Å². The zero-order valence-electron chi connectivity index (χ0n) is 7.41. The van der Waals surface area contributed by atoms with Crippen LogP contribution in [-0.4, -0.2) is 4.92 Å². The standard InChI is InChI=1S/C10H5Cl2NO2/c11-7-3-1-6-2-4-9(12)10(13(14)15)8(6)5-7/h1-5H. The summed E-state index contributed by atoms with van der Waals surface area (Å²) in [5.41, 5.74) is -0.100. The molecule has 2 aromatic rings. The number of nitrogens with zero attached hydrogens (tertiary/aromatic N) is 1. The SMILES string of the molecule is O=[N+]([O-])c1c(Cl)ccc2ccc(Cl)cc12. The predicted molar refractivity (Wildman–Crippen MR) is 60.6 cm³/mol. The summed E-state index contributed by atoms with van der Waals surface area (Å²) in [6, 6.07) is 8.18. The van der Waals surface area contributed by atoms with Crippen molar-refractivity contribution >= 4 is 39.7 Å². The summed E-state index contributed by atoms with van der Waals surface area (Å²) in [6.07, 6.45) is 0. The summed E-state index contributed by atoms with van der Waals surface area (Å²) in [5.74, 6) is 0. The third-order valence-electron chi connectivity index (χ3n) is 2.09. The van der Waals surface area contributed by atoms with Gasteiger partial charge in [0.1, 0.15) is 5.02 Å². The highest BCUT2D eigenvalue weighted by atomic mass is 35.5. The Labute approximate surface area is 95.4 Å². The Bertz CT molecular complexity index is 549. The summed E-state index contributed by atoms with van der Waals surface area (Å²) < 4.78 is 0. The molecule has 0 aromatic heterocycles. The summed E-state index contributed by atoms with van der Waals surface area (Å²) in [6.45, 7) is 0. The molecule has 0 aliphatic heterocycles. The van der Waals surface area contributed by atoms with Gasteiger partial charge < -0.3 is 0 Å². The molecule has 3 nitrogen and oxygen atoms in total. The number of hydrogen-bond acceptors (Lipinski definition) is 2. The first-order valence-corrected chi connectivity index (χ1v) is 4.87. The fourth-order valence-corrected chi connectivity index (χ4v) is 1.84. The Hall–Kier alpha value is -1.32. The van der Waals surface area contributed by atoms with Crippen LogP contribution >= 0.6 is 23.2 Å².